The maximum Gasteiger partial charge on any atom is 0.0338 e. The van der Waals surface area contributed by atoms with Gasteiger partial charge in [-0.15, -0.1) is 0 Å². The molecule has 0 saturated carbocycles. The molecular formula is C18H32N2. The molecule has 1 aromatic rings. The number of nitrogens with one attached hydrogen (secondary N) is 1. The molecule has 1 aliphatic rings. The van der Waals surface area contributed by atoms with Crippen LogP contribution in [0.15, 0.2) is 12.4 Å². The second kappa shape index (κ2) is 8.51. The molecule has 1 N–H and O–H groups in total. The highest BCUT2D eigenvalue weighted by Gasteiger charge is 2.19. The van der Waals surface area contributed by atoms with Crippen molar-refractivity contribution in [3.05, 3.63) is 23.5 Å². The molecule has 1 heterocycles. The van der Waals surface area contributed by atoms with Crippen molar-refractivity contribution in [1.29, 1.82) is 0 Å². The molecule has 2 rings (SSSR count). The molecule has 0 spiro atoms. The molecule has 0 saturated heterocycles. The zero-order chi connectivity index (χ0) is 14.2. The number of rotatable bonds is 8. The number of unbranched alkanes of at least 4 members (excludes halogenated alkanes) is 3. The first kappa shape index (κ1) is 15.6. The monoisotopic (exact) mass is 276 g/mol. The predicted octanol–water partition coefficient (Wildman–Crippen LogP) is 4.84. The summed E-state index contributed by atoms with van der Waals surface area (Å²) in [4.78, 5) is 0. The first-order valence-electron chi connectivity index (χ1n) is 8.77. The first-order valence-corrected chi connectivity index (χ1v) is 8.77. The van der Waals surface area contributed by atoms with Crippen LogP contribution in [0.1, 0.15) is 82.4 Å². The van der Waals surface area contributed by atoms with E-state index in [0.717, 1.165) is 6.54 Å². The van der Waals surface area contributed by atoms with Crippen LogP contribution in [0.25, 0.3) is 0 Å². The van der Waals surface area contributed by atoms with Crippen LogP contribution in [0.5, 0.6) is 0 Å². The maximum absolute atomic E-state index is 3.74. The number of nitrogens with zero attached hydrogens (tertiary/aromatic N) is 1. The van der Waals surface area contributed by atoms with E-state index in [2.05, 4.69) is 36.1 Å². The molecule has 0 fully saturated rings. The number of aryl methyl sites for hydroxylation is 2. The van der Waals surface area contributed by atoms with Gasteiger partial charge in [0.15, 0.2) is 0 Å². The Hall–Kier alpha value is -0.760. The van der Waals surface area contributed by atoms with Gasteiger partial charge in [-0.1, -0.05) is 39.5 Å². The fourth-order valence-electron chi connectivity index (χ4n) is 3.30. The van der Waals surface area contributed by atoms with Crippen molar-refractivity contribution in [2.45, 2.75) is 84.2 Å². The van der Waals surface area contributed by atoms with Crippen LogP contribution in [0.3, 0.4) is 0 Å². The summed E-state index contributed by atoms with van der Waals surface area (Å²) in [6, 6.07) is 0.601. The zero-order valence-electron chi connectivity index (χ0n) is 13.5. The van der Waals surface area contributed by atoms with E-state index in [9.17, 15) is 0 Å². The molecule has 1 atom stereocenters. The Bertz CT molecular complexity index is 381. The van der Waals surface area contributed by atoms with E-state index in [-0.39, 0.29) is 0 Å². The molecule has 0 aliphatic heterocycles. The van der Waals surface area contributed by atoms with E-state index >= 15 is 0 Å². The lowest BCUT2D eigenvalue weighted by molar-refractivity contribution is 0.487. The van der Waals surface area contributed by atoms with Gasteiger partial charge in [0.2, 0.25) is 0 Å². The minimum atomic E-state index is 0.601. The van der Waals surface area contributed by atoms with Crippen molar-refractivity contribution >= 4 is 0 Å². The fourth-order valence-corrected chi connectivity index (χ4v) is 3.30. The molecular weight excluding hydrogens is 244 g/mol. The van der Waals surface area contributed by atoms with E-state index in [1.807, 2.05) is 0 Å². The summed E-state index contributed by atoms with van der Waals surface area (Å²) >= 11 is 0. The van der Waals surface area contributed by atoms with Crippen molar-refractivity contribution in [2.75, 3.05) is 6.54 Å². The highest BCUT2D eigenvalue weighted by Crippen LogP contribution is 2.29. The summed E-state index contributed by atoms with van der Waals surface area (Å²) < 4.78 is 2.45. The van der Waals surface area contributed by atoms with Gasteiger partial charge >= 0.3 is 0 Å². The highest BCUT2D eigenvalue weighted by molar-refractivity contribution is 5.29. The molecule has 0 aromatic carbocycles. The number of aromatic nitrogens is 1. The van der Waals surface area contributed by atoms with E-state index < -0.39 is 0 Å². The third-order valence-electron chi connectivity index (χ3n) is 4.47. The summed E-state index contributed by atoms with van der Waals surface area (Å²) in [5.41, 5.74) is 3.19. The number of hydrogen-bond acceptors (Lipinski definition) is 1. The Labute approximate surface area is 125 Å². The zero-order valence-corrected chi connectivity index (χ0v) is 13.5. The Balaban J connectivity index is 1.97. The van der Waals surface area contributed by atoms with Gasteiger partial charge in [-0.05, 0) is 49.8 Å². The van der Waals surface area contributed by atoms with Crippen LogP contribution < -0.4 is 5.32 Å². The van der Waals surface area contributed by atoms with Crippen LogP contribution in [-0.4, -0.2) is 11.1 Å². The van der Waals surface area contributed by atoms with E-state index in [1.54, 1.807) is 11.1 Å². The van der Waals surface area contributed by atoms with E-state index in [4.69, 9.17) is 0 Å². The maximum atomic E-state index is 3.74. The van der Waals surface area contributed by atoms with Gasteiger partial charge in [0.25, 0.3) is 0 Å². The SMILES string of the molecule is CCCCCCn1cc2c(c1)C(NCCC)CCCC2. The highest BCUT2D eigenvalue weighted by atomic mass is 15.0. The molecule has 20 heavy (non-hydrogen) atoms. The third-order valence-corrected chi connectivity index (χ3v) is 4.47. The van der Waals surface area contributed by atoms with Crippen molar-refractivity contribution in [3.63, 3.8) is 0 Å². The van der Waals surface area contributed by atoms with Crippen LogP contribution >= 0.6 is 0 Å². The Kier molecular flexibility index (Phi) is 6.65. The Morgan fingerprint density at radius 2 is 2.00 bits per heavy atom. The smallest absolute Gasteiger partial charge is 0.0338 e. The summed E-state index contributed by atoms with van der Waals surface area (Å²) in [6.45, 7) is 6.88. The Morgan fingerprint density at radius 3 is 2.80 bits per heavy atom. The minimum absolute atomic E-state index is 0.601. The molecule has 1 unspecified atom stereocenters. The van der Waals surface area contributed by atoms with Gasteiger partial charge in [0, 0.05) is 25.0 Å². The normalized spacial score (nSPS) is 18.8. The van der Waals surface area contributed by atoms with Gasteiger partial charge < -0.3 is 9.88 Å². The van der Waals surface area contributed by atoms with Crippen LogP contribution in [-0.2, 0) is 13.0 Å². The average molecular weight is 276 g/mol. The summed E-state index contributed by atoms with van der Waals surface area (Å²) in [6.07, 6.45) is 16.8. The van der Waals surface area contributed by atoms with E-state index in [0.29, 0.717) is 6.04 Å². The predicted molar refractivity (Wildman–Crippen MR) is 87.2 cm³/mol. The van der Waals surface area contributed by atoms with Crippen LogP contribution in [0.4, 0.5) is 0 Å². The van der Waals surface area contributed by atoms with Crippen LogP contribution in [0.2, 0.25) is 0 Å². The standard InChI is InChI=1S/C18H32N2/c1-3-5-6-9-13-20-14-16-10-7-8-11-18(17(16)15-20)19-12-4-2/h14-15,18-19H,3-13H2,1-2H3. The topological polar surface area (TPSA) is 17.0 Å². The molecule has 114 valence electrons. The van der Waals surface area contributed by atoms with Crippen molar-refractivity contribution in [3.8, 4) is 0 Å². The Morgan fingerprint density at radius 1 is 1.10 bits per heavy atom. The summed E-state index contributed by atoms with van der Waals surface area (Å²) in [7, 11) is 0. The van der Waals surface area contributed by atoms with Crippen molar-refractivity contribution in [1.82, 2.24) is 9.88 Å². The molecule has 0 amide bonds. The lowest BCUT2D eigenvalue weighted by atomic mass is 10.0. The van der Waals surface area contributed by atoms with Gasteiger partial charge in [0.05, 0.1) is 0 Å². The quantitative estimate of drug-likeness (QED) is 0.531. The third kappa shape index (κ3) is 4.37. The van der Waals surface area contributed by atoms with E-state index in [1.165, 1.54) is 64.3 Å². The summed E-state index contributed by atoms with van der Waals surface area (Å²) in [5.74, 6) is 0. The van der Waals surface area contributed by atoms with Gasteiger partial charge in [0.1, 0.15) is 0 Å². The molecule has 1 aliphatic carbocycles. The molecule has 2 nitrogen and oxygen atoms in total. The van der Waals surface area contributed by atoms with Crippen molar-refractivity contribution < 1.29 is 0 Å². The number of hydrogen-bond donors (Lipinski definition) is 1. The van der Waals surface area contributed by atoms with Gasteiger partial charge in [-0.2, -0.15) is 0 Å². The lowest BCUT2D eigenvalue weighted by Crippen LogP contribution is -2.21. The molecule has 0 bridgehead atoms. The second-order valence-electron chi connectivity index (χ2n) is 6.29. The molecule has 2 heteroatoms. The fraction of sp³-hybridized carbons (Fsp3) is 0.778. The molecule has 1 aromatic heterocycles. The largest absolute Gasteiger partial charge is 0.354 e. The molecule has 0 radical (unpaired) electrons. The van der Waals surface area contributed by atoms with Crippen LogP contribution in [0, 0.1) is 0 Å². The first-order chi connectivity index (χ1) is 9.85. The minimum Gasteiger partial charge on any atom is -0.354 e. The summed E-state index contributed by atoms with van der Waals surface area (Å²) in [5, 5.41) is 3.74. The second-order valence-corrected chi connectivity index (χ2v) is 6.29. The average Bonchev–Trinajstić information content (AvgIpc) is 2.77. The van der Waals surface area contributed by atoms with Gasteiger partial charge in [-0.25, -0.2) is 0 Å². The van der Waals surface area contributed by atoms with Crippen molar-refractivity contribution in [2.24, 2.45) is 0 Å². The van der Waals surface area contributed by atoms with Gasteiger partial charge in [-0.3, -0.25) is 0 Å². The lowest BCUT2D eigenvalue weighted by Gasteiger charge is -2.16. The number of fused-ring (bicyclic) bond motifs is 1.